The van der Waals surface area contributed by atoms with Crippen LogP contribution in [0.15, 0.2) is 0 Å². The van der Waals surface area contributed by atoms with Gasteiger partial charge < -0.3 is 4.74 Å². The Hall–Kier alpha value is -0.540. The summed E-state index contributed by atoms with van der Waals surface area (Å²) >= 11 is 5.91. The Bertz CT molecular complexity index is 257. The van der Waals surface area contributed by atoms with E-state index in [1.54, 1.807) is 11.8 Å². The largest absolute Gasteiger partial charge is 0.380 e. The summed E-state index contributed by atoms with van der Waals surface area (Å²) < 4.78 is 6.61. The van der Waals surface area contributed by atoms with E-state index in [0.29, 0.717) is 11.8 Å². The summed E-state index contributed by atoms with van der Waals surface area (Å²) in [4.78, 5) is 0. The fourth-order valence-electron chi connectivity index (χ4n) is 0.982. The third-order valence-corrected chi connectivity index (χ3v) is 2.03. The van der Waals surface area contributed by atoms with Gasteiger partial charge in [0.1, 0.15) is 5.15 Å². The Morgan fingerprint density at radius 2 is 2.27 bits per heavy atom. The molecule has 62 valence electrons. The standard InChI is InChI=1S/C7H11ClN2O/c1-5-6(4-11-3)7(8)10(2)9-5/h4H2,1-3H3. The lowest BCUT2D eigenvalue weighted by molar-refractivity contribution is 0.184. The van der Waals surface area contributed by atoms with Gasteiger partial charge in [-0.15, -0.1) is 0 Å². The van der Waals surface area contributed by atoms with Crippen LogP contribution in [0.4, 0.5) is 0 Å². The van der Waals surface area contributed by atoms with Crippen molar-refractivity contribution in [2.45, 2.75) is 13.5 Å². The zero-order chi connectivity index (χ0) is 8.43. The molecular weight excluding hydrogens is 164 g/mol. The number of hydrogen-bond donors (Lipinski definition) is 0. The second kappa shape index (κ2) is 3.24. The van der Waals surface area contributed by atoms with Crippen LogP contribution in [0.1, 0.15) is 11.3 Å². The third-order valence-electron chi connectivity index (χ3n) is 1.56. The minimum atomic E-state index is 0.526. The zero-order valence-electron chi connectivity index (χ0n) is 6.89. The van der Waals surface area contributed by atoms with E-state index in [-0.39, 0.29) is 0 Å². The van der Waals surface area contributed by atoms with E-state index in [1.807, 2.05) is 14.0 Å². The predicted molar refractivity (Wildman–Crippen MR) is 43.7 cm³/mol. The number of aromatic nitrogens is 2. The molecule has 11 heavy (non-hydrogen) atoms. The third kappa shape index (κ3) is 1.54. The molecule has 4 heteroatoms. The lowest BCUT2D eigenvalue weighted by Crippen LogP contribution is -1.90. The molecule has 1 heterocycles. The van der Waals surface area contributed by atoms with Crippen LogP contribution >= 0.6 is 11.6 Å². The summed E-state index contributed by atoms with van der Waals surface area (Å²) in [6.45, 7) is 2.44. The van der Waals surface area contributed by atoms with Gasteiger partial charge in [-0.1, -0.05) is 11.6 Å². The van der Waals surface area contributed by atoms with E-state index in [2.05, 4.69) is 5.10 Å². The van der Waals surface area contributed by atoms with Gasteiger partial charge in [0, 0.05) is 19.7 Å². The molecule has 0 saturated heterocycles. The molecule has 0 amide bonds. The van der Waals surface area contributed by atoms with Gasteiger partial charge in [-0.3, -0.25) is 4.68 Å². The van der Waals surface area contributed by atoms with Crippen molar-refractivity contribution in [3.8, 4) is 0 Å². The first-order valence-electron chi connectivity index (χ1n) is 3.33. The molecule has 0 N–H and O–H groups in total. The van der Waals surface area contributed by atoms with Crippen molar-refractivity contribution in [1.82, 2.24) is 9.78 Å². The number of halogens is 1. The van der Waals surface area contributed by atoms with Crippen LogP contribution in [0.5, 0.6) is 0 Å². The topological polar surface area (TPSA) is 27.1 Å². The minimum absolute atomic E-state index is 0.526. The van der Waals surface area contributed by atoms with Crippen LogP contribution in [0.3, 0.4) is 0 Å². The van der Waals surface area contributed by atoms with Gasteiger partial charge in [-0.25, -0.2) is 0 Å². The number of ether oxygens (including phenoxy) is 1. The second-order valence-corrected chi connectivity index (χ2v) is 2.77. The molecule has 0 unspecified atom stereocenters. The van der Waals surface area contributed by atoms with Gasteiger partial charge in [0.2, 0.25) is 0 Å². The molecule has 0 aromatic carbocycles. The summed E-state index contributed by atoms with van der Waals surface area (Å²) in [7, 11) is 3.46. The highest BCUT2D eigenvalue weighted by Gasteiger charge is 2.09. The van der Waals surface area contributed by atoms with Gasteiger partial charge >= 0.3 is 0 Å². The smallest absolute Gasteiger partial charge is 0.132 e. The van der Waals surface area contributed by atoms with Crippen molar-refractivity contribution in [3.05, 3.63) is 16.4 Å². The van der Waals surface area contributed by atoms with Crippen LogP contribution < -0.4 is 0 Å². The van der Waals surface area contributed by atoms with E-state index < -0.39 is 0 Å². The molecule has 0 aliphatic carbocycles. The number of aryl methyl sites for hydroxylation is 2. The summed E-state index contributed by atoms with van der Waals surface area (Å²) in [5.74, 6) is 0. The fraction of sp³-hybridized carbons (Fsp3) is 0.571. The van der Waals surface area contributed by atoms with Crippen LogP contribution in [-0.2, 0) is 18.4 Å². The summed E-state index contributed by atoms with van der Waals surface area (Å²) in [5.41, 5.74) is 1.90. The van der Waals surface area contributed by atoms with Crippen molar-refractivity contribution in [3.63, 3.8) is 0 Å². The molecule has 0 bridgehead atoms. The minimum Gasteiger partial charge on any atom is -0.380 e. The van der Waals surface area contributed by atoms with Gasteiger partial charge in [-0.05, 0) is 6.92 Å². The van der Waals surface area contributed by atoms with E-state index in [0.717, 1.165) is 11.3 Å². The quantitative estimate of drug-likeness (QED) is 0.680. The maximum absolute atomic E-state index is 5.91. The molecule has 1 rings (SSSR count). The normalized spacial score (nSPS) is 10.5. The first-order chi connectivity index (χ1) is 5.16. The van der Waals surface area contributed by atoms with E-state index in [9.17, 15) is 0 Å². The molecule has 1 aromatic heterocycles. The van der Waals surface area contributed by atoms with Crippen molar-refractivity contribution in [2.75, 3.05) is 7.11 Å². The lowest BCUT2D eigenvalue weighted by atomic mass is 10.3. The maximum atomic E-state index is 5.91. The van der Waals surface area contributed by atoms with E-state index in [1.165, 1.54) is 0 Å². The Morgan fingerprint density at radius 3 is 2.64 bits per heavy atom. The number of hydrogen-bond acceptors (Lipinski definition) is 2. The molecule has 0 aliphatic heterocycles. The average molecular weight is 175 g/mol. The zero-order valence-corrected chi connectivity index (χ0v) is 7.64. The first kappa shape index (κ1) is 8.56. The van der Waals surface area contributed by atoms with Crippen molar-refractivity contribution < 1.29 is 4.74 Å². The van der Waals surface area contributed by atoms with E-state index in [4.69, 9.17) is 16.3 Å². The highest BCUT2D eigenvalue weighted by Crippen LogP contribution is 2.18. The summed E-state index contributed by atoms with van der Waals surface area (Å²) in [5, 5.41) is 4.79. The first-order valence-corrected chi connectivity index (χ1v) is 3.71. The molecule has 0 saturated carbocycles. The van der Waals surface area contributed by atoms with Crippen LogP contribution in [0.25, 0.3) is 0 Å². The van der Waals surface area contributed by atoms with E-state index >= 15 is 0 Å². The molecule has 3 nitrogen and oxygen atoms in total. The number of methoxy groups -OCH3 is 1. The Labute approximate surface area is 70.9 Å². The highest BCUT2D eigenvalue weighted by atomic mass is 35.5. The molecule has 0 atom stereocenters. The molecule has 0 aliphatic rings. The highest BCUT2D eigenvalue weighted by molar-refractivity contribution is 6.30. The molecule has 0 radical (unpaired) electrons. The second-order valence-electron chi connectivity index (χ2n) is 2.41. The summed E-state index contributed by atoms with van der Waals surface area (Å²) in [6.07, 6.45) is 0. The summed E-state index contributed by atoms with van der Waals surface area (Å²) in [6, 6.07) is 0. The van der Waals surface area contributed by atoms with Gasteiger partial charge in [0.05, 0.1) is 12.3 Å². The molecule has 0 spiro atoms. The Kier molecular flexibility index (Phi) is 2.52. The predicted octanol–water partition coefficient (Wildman–Crippen LogP) is 1.53. The molecule has 0 fully saturated rings. The Morgan fingerprint density at radius 1 is 1.64 bits per heavy atom. The van der Waals surface area contributed by atoms with Crippen LogP contribution in [0.2, 0.25) is 5.15 Å². The van der Waals surface area contributed by atoms with Crippen LogP contribution in [-0.4, -0.2) is 16.9 Å². The number of nitrogens with zero attached hydrogens (tertiary/aromatic N) is 2. The van der Waals surface area contributed by atoms with Gasteiger partial charge in [-0.2, -0.15) is 5.10 Å². The van der Waals surface area contributed by atoms with Crippen molar-refractivity contribution in [2.24, 2.45) is 7.05 Å². The molecular formula is C7H11ClN2O. The van der Waals surface area contributed by atoms with Gasteiger partial charge in [0.15, 0.2) is 0 Å². The average Bonchev–Trinajstić information content (AvgIpc) is 2.17. The van der Waals surface area contributed by atoms with Crippen molar-refractivity contribution in [1.29, 1.82) is 0 Å². The monoisotopic (exact) mass is 174 g/mol. The van der Waals surface area contributed by atoms with Gasteiger partial charge in [0.25, 0.3) is 0 Å². The number of rotatable bonds is 2. The van der Waals surface area contributed by atoms with Crippen LogP contribution in [0, 0.1) is 6.92 Å². The maximum Gasteiger partial charge on any atom is 0.132 e. The van der Waals surface area contributed by atoms with Crippen molar-refractivity contribution >= 4 is 11.6 Å². The molecule has 1 aromatic rings. The lowest BCUT2D eigenvalue weighted by Gasteiger charge is -1.96. The Balaban J connectivity index is 3.02. The SMILES string of the molecule is COCc1c(C)nn(C)c1Cl. The fourth-order valence-corrected chi connectivity index (χ4v) is 1.21.